The summed E-state index contributed by atoms with van der Waals surface area (Å²) in [5, 5.41) is 0.766. The number of hydrogen-bond acceptors (Lipinski definition) is 1. The molecule has 2 aromatic rings. The lowest BCUT2D eigenvalue weighted by Gasteiger charge is -2.13. The van der Waals surface area contributed by atoms with Crippen LogP contribution in [0.2, 0.25) is 5.02 Å². The second-order valence-corrected chi connectivity index (χ2v) is 5.72. The molecule has 2 heteroatoms. The highest BCUT2D eigenvalue weighted by Gasteiger charge is 2.07. The molecule has 0 radical (unpaired) electrons. The molecular formula is C18H22ClN. The zero-order valence-electron chi connectivity index (χ0n) is 12.0. The molecule has 20 heavy (non-hydrogen) atoms. The van der Waals surface area contributed by atoms with Crippen LogP contribution >= 0.6 is 11.6 Å². The van der Waals surface area contributed by atoms with Gasteiger partial charge in [0, 0.05) is 11.1 Å². The Hall–Kier alpha value is -1.31. The Morgan fingerprint density at radius 2 is 1.55 bits per heavy atom. The molecule has 0 fully saturated rings. The fourth-order valence-electron chi connectivity index (χ4n) is 2.30. The second kappa shape index (κ2) is 7.47. The molecule has 2 N–H and O–H groups in total. The molecule has 2 rings (SSSR count). The summed E-state index contributed by atoms with van der Waals surface area (Å²) in [5.74, 6) is 0. The maximum absolute atomic E-state index is 6.28. The van der Waals surface area contributed by atoms with E-state index in [1.165, 1.54) is 29.5 Å². The Bertz CT molecular complexity index is 516. The molecule has 0 saturated carbocycles. The van der Waals surface area contributed by atoms with Crippen molar-refractivity contribution in [2.45, 2.75) is 38.6 Å². The van der Waals surface area contributed by atoms with Crippen molar-refractivity contribution in [3.8, 4) is 0 Å². The number of hydrogen-bond donors (Lipinski definition) is 1. The summed E-state index contributed by atoms with van der Waals surface area (Å²) in [4.78, 5) is 0. The van der Waals surface area contributed by atoms with Crippen molar-refractivity contribution in [3.63, 3.8) is 0 Å². The number of rotatable bonds is 6. The van der Waals surface area contributed by atoms with Gasteiger partial charge in [0.1, 0.15) is 0 Å². The molecular weight excluding hydrogens is 266 g/mol. The molecule has 0 aromatic heterocycles. The third kappa shape index (κ3) is 4.36. The molecule has 0 aliphatic carbocycles. The molecule has 0 aliphatic heterocycles. The minimum Gasteiger partial charge on any atom is -0.324 e. The predicted molar refractivity (Wildman–Crippen MR) is 87.1 cm³/mol. The number of aryl methyl sites for hydroxylation is 1. The fourth-order valence-corrected chi connectivity index (χ4v) is 2.43. The molecule has 106 valence electrons. The van der Waals surface area contributed by atoms with Crippen LogP contribution in [0.15, 0.2) is 48.5 Å². The van der Waals surface area contributed by atoms with E-state index in [0.717, 1.165) is 17.9 Å². The van der Waals surface area contributed by atoms with E-state index in [1.54, 1.807) is 0 Å². The van der Waals surface area contributed by atoms with Gasteiger partial charge in [0.25, 0.3) is 0 Å². The number of unbranched alkanes of at least 4 members (excludes halogenated alkanes) is 1. The van der Waals surface area contributed by atoms with Gasteiger partial charge in [-0.2, -0.15) is 0 Å². The van der Waals surface area contributed by atoms with E-state index in [4.69, 9.17) is 17.3 Å². The SMILES string of the molecule is CCCCc1ccc(C(N)Cc2ccc(Cl)cc2)cc1. The molecule has 1 unspecified atom stereocenters. The van der Waals surface area contributed by atoms with E-state index in [-0.39, 0.29) is 6.04 Å². The minimum atomic E-state index is 0.0383. The first-order chi connectivity index (χ1) is 9.69. The van der Waals surface area contributed by atoms with Crippen LogP contribution in [0.25, 0.3) is 0 Å². The van der Waals surface area contributed by atoms with Crippen molar-refractivity contribution < 1.29 is 0 Å². The van der Waals surface area contributed by atoms with Gasteiger partial charge in [-0.15, -0.1) is 0 Å². The maximum atomic E-state index is 6.28. The molecule has 0 bridgehead atoms. The lowest BCUT2D eigenvalue weighted by molar-refractivity contribution is 0.720. The van der Waals surface area contributed by atoms with Crippen LogP contribution in [0, 0.1) is 0 Å². The van der Waals surface area contributed by atoms with Crippen molar-refractivity contribution in [1.29, 1.82) is 0 Å². The van der Waals surface area contributed by atoms with E-state index >= 15 is 0 Å². The third-order valence-electron chi connectivity index (χ3n) is 3.60. The molecule has 2 aromatic carbocycles. The standard InChI is InChI=1S/C18H22ClN/c1-2-3-4-14-5-9-16(10-6-14)18(20)13-15-7-11-17(19)12-8-15/h5-12,18H,2-4,13,20H2,1H3. The highest BCUT2D eigenvalue weighted by Crippen LogP contribution is 2.19. The van der Waals surface area contributed by atoms with Crippen LogP contribution in [0.1, 0.15) is 42.5 Å². The smallest absolute Gasteiger partial charge is 0.0406 e. The normalized spacial score (nSPS) is 12.3. The van der Waals surface area contributed by atoms with Crippen molar-refractivity contribution in [3.05, 3.63) is 70.2 Å². The van der Waals surface area contributed by atoms with Gasteiger partial charge in [0.15, 0.2) is 0 Å². The molecule has 0 heterocycles. The first-order valence-corrected chi connectivity index (χ1v) is 7.65. The van der Waals surface area contributed by atoms with Crippen LogP contribution in [0.4, 0.5) is 0 Å². The van der Waals surface area contributed by atoms with Gasteiger partial charge < -0.3 is 5.73 Å². The number of nitrogens with two attached hydrogens (primary N) is 1. The third-order valence-corrected chi connectivity index (χ3v) is 3.85. The average molecular weight is 288 g/mol. The van der Waals surface area contributed by atoms with Gasteiger partial charge in [0.05, 0.1) is 0 Å². The van der Waals surface area contributed by atoms with Crippen molar-refractivity contribution in [2.75, 3.05) is 0 Å². The van der Waals surface area contributed by atoms with E-state index in [9.17, 15) is 0 Å². The van der Waals surface area contributed by atoms with Crippen LogP contribution in [-0.2, 0) is 12.8 Å². The molecule has 1 nitrogen and oxygen atoms in total. The van der Waals surface area contributed by atoms with E-state index in [0.29, 0.717) is 0 Å². The van der Waals surface area contributed by atoms with E-state index in [2.05, 4.69) is 31.2 Å². The molecule has 0 spiro atoms. The van der Waals surface area contributed by atoms with Crippen molar-refractivity contribution >= 4 is 11.6 Å². The average Bonchev–Trinajstić information content (AvgIpc) is 2.48. The van der Waals surface area contributed by atoms with Crippen LogP contribution in [0.3, 0.4) is 0 Å². The Balaban J connectivity index is 1.98. The van der Waals surface area contributed by atoms with Crippen LogP contribution < -0.4 is 5.73 Å². The quantitative estimate of drug-likeness (QED) is 0.801. The van der Waals surface area contributed by atoms with Crippen molar-refractivity contribution in [2.24, 2.45) is 5.73 Å². The number of halogens is 1. The summed E-state index contributed by atoms with van der Waals surface area (Å²) >= 11 is 5.89. The highest BCUT2D eigenvalue weighted by atomic mass is 35.5. The summed E-state index contributed by atoms with van der Waals surface area (Å²) in [6, 6.07) is 16.7. The number of benzene rings is 2. The Morgan fingerprint density at radius 1 is 0.950 bits per heavy atom. The van der Waals surface area contributed by atoms with Crippen LogP contribution in [-0.4, -0.2) is 0 Å². The molecule has 0 amide bonds. The Labute approximate surface area is 126 Å². The summed E-state index contributed by atoms with van der Waals surface area (Å²) < 4.78 is 0. The second-order valence-electron chi connectivity index (χ2n) is 5.28. The minimum absolute atomic E-state index is 0.0383. The maximum Gasteiger partial charge on any atom is 0.0406 e. The van der Waals surface area contributed by atoms with Gasteiger partial charge in [-0.05, 0) is 48.1 Å². The summed E-state index contributed by atoms with van der Waals surface area (Å²) in [6.45, 7) is 2.22. The van der Waals surface area contributed by atoms with Gasteiger partial charge in [-0.1, -0.05) is 61.3 Å². The highest BCUT2D eigenvalue weighted by molar-refractivity contribution is 6.30. The largest absolute Gasteiger partial charge is 0.324 e. The molecule has 1 atom stereocenters. The van der Waals surface area contributed by atoms with Gasteiger partial charge >= 0.3 is 0 Å². The molecule has 0 aliphatic rings. The first-order valence-electron chi connectivity index (χ1n) is 7.28. The predicted octanol–water partition coefficient (Wildman–Crippen LogP) is 4.93. The van der Waals surface area contributed by atoms with E-state index in [1.807, 2.05) is 24.3 Å². The lowest BCUT2D eigenvalue weighted by atomic mass is 9.98. The topological polar surface area (TPSA) is 26.0 Å². The summed E-state index contributed by atoms with van der Waals surface area (Å²) in [6.07, 6.45) is 4.47. The van der Waals surface area contributed by atoms with Gasteiger partial charge in [-0.25, -0.2) is 0 Å². The zero-order valence-corrected chi connectivity index (χ0v) is 12.7. The Kier molecular flexibility index (Phi) is 5.63. The monoisotopic (exact) mass is 287 g/mol. The van der Waals surface area contributed by atoms with Gasteiger partial charge in [-0.3, -0.25) is 0 Å². The summed E-state index contributed by atoms with van der Waals surface area (Å²) in [5.41, 5.74) is 10.1. The van der Waals surface area contributed by atoms with Gasteiger partial charge in [0.2, 0.25) is 0 Å². The first kappa shape index (κ1) is 15.1. The van der Waals surface area contributed by atoms with Crippen LogP contribution in [0.5, 0.6) is 0 Å². The zero-order chi connectivity index (χ0) is 14.4. The Morgan fingerprint density at radius 3 is 2.15 bits per heavy atom. The van der Waals surface area contributed by atoms with Crippen molar-refractivity contribution in [1.82, 2.24) is 0 Å². The fraction of sp³-hybridized carbons (Fsp3) is 0.333. The lowest BCUT2D eigenvalue weighted by Crippen LogP contribution is -2.13. The molecule has 0 saturated heterocycles. The summed E-state index contributed by atoms with van der Waals surface area (Å²) in [7, 11) is 0. The van der Waals surface area contributed by atoms with E-state index < -0.39 is 0 Å².